The maximum absolute atomic E-state index is 12.1. The van der Waals surface area contributed by atoms with Crippen LogP contribution in [-0.4, -0.2) is 35.5 Å². The SMILES string of the molecule is CSCC(C)CNC(=O)CC1(C(=O)O)CCCCCC1. The van der Waals surface area contributed by atoms with Crippen molar-refractivity contribution in [3.05, 3.63) is 0 Å². The van der Waals surface area contributed by atoms with E-state index < -0.39 is 11.4 Å². The quantitative estimate of drug-likeness (QED) is 0.710. The summed E-state index contributed by atoms with van der Waals surface area (Å²) in [7, 11) is 0. The van der Waals surface area contributed by atoms with Crippen LogP contribution in [-0.2, 0) is 9.59 Å². The standard InChI is InChI=1S/C15H27NO3S/c1-12(11-20-2)10-16-13(17)9-15(14(18)19)7-5-3-4-6-8-15/h12H,3-11H2,1-2H3,(H,16,17)(H,18,19). The number of hydrogen-bond acceptors (Lipinski definition) is 3. The Balaban J connectivity index is 2.52. The van der Waals surface area contributed by atoms with Crippen LogP contribution in [0.25, 0.3) is 0 Å². The highest BCUT2D eigenvalue weighted by atomic mass is 32.2. The molecule has 20 heavy (non-hydrogen) atoms. The van der Waals surface area contributed by atoms with Gasteiger partial charge in [-0.05, 0) is 30.8 Å². The minimum atomic E-state index is -0.830. The highest BCUT2D eigenvalue weighted by molar-refractivity contribution is 7.98. The van der Waals surface area contributed by atoms with E-state index in [9.17, 15) is 14.7 Å². The number of carbonyl (C=O) groups excluding carboxylic acids is 1. The van der Waals surface area contributed by atoms with Gasteiger partial charge in [0, 0.05) is 13.0 Å². The van der Waals surface area contributed by atoms with Crippen molar-refractivity contribution in [1.29, 1.82) is 0 Å². The monoisotopic (exact) mass is 301 g/mol. The number of aliphatic carboxylic acids is 1. The van der Waals surface area contributed by atoms with E-state index in [2.05, 4.69) is 12.2 Å². The van der Waals surface area contributed by atoms with Crippen molar-refractivity contribution in [3.8, 4) is 0 Å². The van der Waals surface area contributed by atoms with E-state index in [4.69, 9.17) is 0 Å². The molecule has 0 radical (unpaired) electrons. The average Bonchev–Trinajstić information content (AvgIpc) is 2.63. The normalized spacial score (nSPS) is 19.9. The van der Waals surface area contributed by atoms with Crippen molar-refractivity contribution in [2.45, 2.75) is 51.9 Å². The van der Waals surface area contributed by atoms with Gasteiger partial charge < -0.3 is 10.4 Å². The summed E-state index contributed by atoms with van der Waals surface area (Å²) in [6.07, 6.45) is 7.46. The first-order valence-electron chi connectivity index (χ1n) is 7.49. The molecule has 5 heteroatoms. The molecule has 0 aromatic carbocycles. The molecule has 1 unspecified atom stereocenters. The highest BCUT2D eigenvalue weighted by Crippen LogP contribution is 2.38. The van der Waals surface area contributed by atoms with E-state index in [0.717, 1.165) is 31.4 Å². The Bertz CT molecular complexity index is 325. The molecule has 1 aliphatic rings. The fraction of sp³-hybridized carbons (Fsp3) is 0.867. The predicted molar refractivity (Wildman–Crippen MR) is 82.9 cm³/mol. The van der Waals surface area contributed by atoms with Gasteiger partial charge in [0.15, 0.2) is 0 Å². The zero-order valence-electron chi connectivity index (χ0n) is 12.6. The topological polar surface area (TPSA) is 66.4 Å². The second-order valence-corrected chi connectivity index (χ2v) is 6.95. The molecule has 0 spiro atoms. The number of nitrogens with one attached hydrogen (secondary N) is 1. The van der Waals surface area contributed by atoms with Gasteiger partial charge >= 0.3 is 5.97 Å². The lowest BCUT2D eigenvalue weighted by molar-refractivity contribution is -0.152. The van der Waals surface area contributed by atoms with Crippen LogP contribution in [0, 0.1) is 11.3 Å². The van der Waals surface area contributed by atoms with Gasteiger partial charge in [-0.25, -0.2) is 0 Å². The molecule has 0 saturated heterocycles. The van der Waals surface area contributed by atoms with Crippen LogP contribution in [0.2, 0.25) is 0 Å². The Hall–Kier alpha value is -0.710. The van der Waals surface area contributed by atoms with Crippen molar-refractivity contribution in [2.24, 2.45) is 11.3 Å². The molecule has 1 aliphatic carbocycles. The summed E-state index contributed by atoms with van der Waals surface area (Å²) in [6.45, 7) is 2.73. The van der Waals surface area contributed by atoms with E-state index in [1.807, 2.05) is 6.26 Å². The lowest BCUT2D eigenvalue weighted by atomic mass is 9.77. The first-order valence-corrected chi connectivity index (χ1v) is 8.88. The molecule has 4 nitrogen and oxygen atoms in total. The highest BCUT2D eigenvalue weighted by Gasteiger charge is 2.40. The van der Waals surface area contributed by atoms with Gasteiger partial charge in [0.25, 0.3) is 0 Å². The predicted octanol–water partition coefficient (Wildman–Crippen LogP) is 2.92. The molecule has 1 rings (SSSR count). The zero-order chi connectivity index (χ0) is 15.0. The van der Waals surface area contributed by atoms with Gasteiger partial charge in [0.05, 0.1) is 5.41 Å². The van der Waals surface area contributed by atoms with Crippen molar-refractivity contribution >= 4 is 23.6 Å². The molecule has 1 fully saturated rings. The first-order chi connectivity index (χ1) is 9.50. The van der Waals surface area contributed by atoms with Gasteiger partial charge in [-0.2, -0.15) is 11.8 Å². The molecule has 0 heterocycles. The number of hydrogen-bond donors (Lipinski definition) is 2. The average molecular weight is 301 g/mol. The molecule has 1 saturated carbocycles. The van der Waals surface area contributed by atoms with Crippen LogP contribution in [0.15, 0.2) is 0 Å². The summed E-state index contributed by atoms with van der Waals surface area (Å²) in [4.78, 5) is 23.7. The summed E-state index contributed by atoms with van der Waals surface area (Å²) < 4.78 is 0. The minimum absolute atomic E-state index is 0.109. The van der Waals surface area contributed by atoms with Gasteiger partial charge in [-0.15, -0.1) is 0 Å². The summed E-state index contributed by atoms with van der Waals surface area (Å²) >= 11 is 1.76. The largest absolute Gasteiger partial charge is 0.481 e. The number of amides is 1. The van der Waals surface area contributed by atoms with Gasteiger partial charge in [-0.3, -0.25) is 9.59 Å². The van der Waals surface area contributed by atoms with E-state index >= 15 is 0 Å². The van der Waals surface area contributed by atoms with E-state index in [-0.39, 0.29) is 12.3 Å². The third-order valence-corrected chi connectivity index (χ3v) is 5.01. The van der Waals surface area contributed by atoms with Crippen molar-refractivity contribution in [3.63, 3.8) is 0 Å². The van der Waals surface area contributed by atoms with E-state index in [1.54, 1.807) is 11.8 Å². The minimum Gasteiger partial charge on any atom is -0.481 e. The fourth-order valence-corrected chi connectivity index (χ4v) is 3.56. The van der Waals surface area contributed by atoms with Gasteiger partial charge in [0.2, 0.25) is 5.91 Å². The molecule has 0 aromatic heterocycles. The molecular weight excluding hydrogens is 274 g/mol. The number of carboxylic acid groups (broad SMARTS) is 1. The smallest absolute Gasteiger partial charge is 0.310 e. The number of thioether (sulfide) groups is 1. The second-order valence-electron chi connectivity index (χ2n) is 6.04. The van der Waals surface area contributed by atoms with Crippen LogP contribution in [0.5, 0.6) is 0 Å². The van der Waals surface area contributed by atoms with Crippen LogP contribution < -0.4 is 5.32 Å². The van der Waals surface area contributed by atoms with Gasteiger partial charge in [-0.1, -0.05) is 32.6 Å². The maximum atomic E-state index is 12.1. The number of carboxylic acids is 1. The molecule has 1 atom stereocenters. The molecule has 2 N–H and O–H groups in total. The number of rotatable bonds is 7. The second kappa shape index (κ2) is 8.55. The van der Waals surface area contributed by atoms with Crippen molar-refractivity contribution in [1.82, 2.24) is 5.32 Å². The molecule has 0 aromatic rings. The Kier molecular flexibility index (Phi) is 7.41. The fourth-order valence-electron chi connectivity index (χ4n) is 2.87. The molecule has 0 bridgehead atoms. The Morgan fingerprint density at radius 1 is 1.25 bits per heavy atom. The molecular formula is C15H27NO3S. The lowest BCUT2D eigenvalue weighted by Crippen LogP contribution is -2.38. The van der Waals surface area contributed by atoms with Crippen molar-refractivity contribution in [2.75, 3.05) is 18.6 Å². The molecule has 1 amide bonds. The third-order valence-electron chi connectivity index (χ3n) is 4.11. The zero-order valence-corrected chi connectivity index (χ0v) is 13.4. The van der Waals surface area contributed by atoms with Crippen LogP contribution in [0.3, 0.4) is 0 Å². The molecule has 116 valence electrons. The Morgan fingerprint density at radius 3 is 2.35 bits per heavy atom. The van der Waals surface area contributed by atoms with Crippen LogP contribution in [0.4, 0.5) is 0 Å². The van der Waals surface area contributed by atoms with Crippen molar-refractivity contribution < 1.29 is 14.7 Å². The van der Waals surface area contributed by atoms with Crippen LogP contribution in [0.1, 0.15) is 51.9 Å². The lowest BCUT2D eigenvalue weighted by Gasteiger charge is -2.27. The summed E-state index contributed by atoms with van der Waals surface area (Å²) in [5, 5.41) is 12.4. The maximum Gasteiger partial charge on any atom is 0.310 e. The van der Waals surface area contributed by atoms with Crippen LogP contribution >= 0.6 is 11.8 Å². The summed E-state index contributed by atoms with van der Waals surface area (Å²) in [6, 6.07) is 0. The van der Waals surface area contributed by atoms with E-state index in [0.29, 0.717) is 25.3 Å². The first kappa shape index (κ1) is 17.3. The van der Waals surface area contributed by atoms with Gasteiger partial charge in [0.1, 0.15) is 0 Å². The summed E-state index contributed by atoms with van der Waals surface area (Å²) in [5.74, 6) is 0.516. The number of carbonyl (C=O) groups is 2. The summed E-state index contributed by atoms with van der Waals surface area (Å²) in [5.41, 5.74) is -0.830. The van der Waals surface area contributed by atoms with E-state index in [1.165, 1.54) is 0 Å². The molecule has 0 aliphatic heterocycles. The Morgan fingerprint density at radius 2 is 1.85 bits per heavy atom. The Labute approximate surface area is 126 Å². The third kappa shape index (κ3) is 5.35.